The molecular weight excluding hydrogens is 509 g/mol. The van der Waals surface area contributed by atoms with Crippen LogP contribution >= 0.6 is 11.6 Å². The van der Waals surface area contributed by atoms with Crippen molar-refractivity contribution in [1.29, 1.82) is 0 Å². The number of nitrogens with zero attached hydrogens (tertiary/aromatic N) is 1. The molecule has 37 heavy (non-hydrogen) atoms. The lowest BCUT2D eigenvalue weighted by Gasteiger charge is -2.27. The van der Waals surface area contributed by atoms with Crippen LogP contribution in [-0.2, 0) is 27.3 Å². The summed E-state index contributed by atoms with van der Waals surface area (Å²) >= 11 is 5.94. The number of aryl methyl sites for hydroxylation is 1. The summed E-state index contributed by atoms with van der Waals surface area (Å²) < 4.78 is 13.0. The molecule has 0 spiro atoms. The fourth-order valence-corrected chi connectivity index (χ4v) is 4.32. The number of benzene rings is 2. The van der Waals surface area contributed by atoms with Gasteiger partial charge in [0.05, 0.1) is 12.8 Å². The molecule has 1 atom stereocenters. The van der Waals surface area contributed by atoms with Crippen LogP contribution in [-0.4, -0.2) is 73.6 Å². The SMILES string of the molecule is O=C(O)CC(O)(CC(=O)O)C(=O)O.OC[C@]1(CCc2ccc(F)cc2)CCN(Cc2ccc(Cl)cc2)C1. The fraction of sp³-hybridized carbons (Fsp3) is 0.423. The van der Waals surface area contributed by atoms with Gasteiger partial charge in [-0.1, -0.05) is 35.9 Å². The maximum atomic E-state index is 13.0. The molecule has 1 fully saturated rings. The molecule has 5 N–H and O–H groups in total. The molecule has 1 heterocycles. The average molecular weight is 540 g/mol. The standard InChI is InChI=1S/C20H23ClFNO.C6H8O7/c21-18-5-1-17(2-6-18)13-23-12-11-20(14-23,15-24)10-9-16-3-7-19(22)8-4-16;7-3(8)1-6(13,5(11)12)2-4(9)10/h1-8,24H,9-15H2;13H,1-2H2,(H,7,8)(H,9,10)(H,11,12)/t20-;/m1./s1. The molecule has 0 aliphatic carbocycles. The Morgan fingerprint density at radius 2 is 1.49 bits per heavy atom. The second kappa shape index (κ2) is 13.5. The van der Waals surface area contributed by atoms with E-state index in [4.69, 9.17) is 32.0 Å². The lowest BCUT2D eigenvalue weighted by atomic mass is 9.82. The van der Waals surface area contributed by atoms with E-state index >= 15 is 0 Å². The van der Waals surface area contributed by atoms with Crippen LogP contribution in [0.2, 0.25) is 5.02 Å². The summed E-state index contributed by atoms with van der Waals surface area (Å²) in [6.07, 6.45) is 0.503. The maximum Gasteiger partial charge on any atom is 0.336 e. The number of halogens is 2. The molecule has 1 aliphatic heterocycles. The Kier molecular flexibility index (Phi) is 11.0. The van der Waals surface area contributed by atoms with Gasteiger partial charge in [0.1, 0.15) is 5.82 Å². The Hall–Kier alpha value is -3.05. The molecule has 1 aliphatic rings. The van der Waals surface area contributed by atoms with Gasteiger partial charge in [0.25, 0.3) is 0 Å². The molecule has 3 rings (SSSR count). The van der Waals surface area contributed by atoms with Gasteiger partial charge in [-0.2, -0.15) is 0 Å². The molecule has 0 unspecified atom stereocenters. The molecule has 2 aromatic carbocycles. The highest BCUT2D eigenvalue weighted by molar-refractivity contribution is 6.30. The minimum absolute atomic E-state index is 0.0548. The zero-order chi connectivity index (χ0) is 27.6. The fourth-order valence-electron chi connectivity index (χ4n) is 4.20. The van der Waals surface area contributed by atoms with E-state index in [2.05, 4.69) is 17.0 Å². The number of rotatable bonds is 11. The number of aliphatic hydroxyl groups excluding tert-OH is 1. The molecule has 0 aromatic heterocycles. The molecule has 9 nitrogen and oxygen atoms in total. The normalized spacial score (nSPS) is 17.6. The highest BCUT2D eigenvalue weighted by Crippen LogP contribution is 2.35. The third-order valence-corrected chi connectivity index (χ3v) is 6.57. The Labute approximate surface area is 218 Å². The summed E-state index contributed by atoms with van der Waals surface area (Å²) in [6, 6.07) is 14.6. The number of aliphatic hydroxyl groups is 2. The Bertz CT molecular complexity index is 1050. The van der Waals surface area contributed by atoms with Crippen molar-refractivity contribution in [2.24, 2.45) is 5.41 Å². The summed E-state index contributed by atoms with van der Waals surface area (Å²) in [7, 11) is 0. The molecule has 0 bridgehead atoms. The van der Waals surface area contributed by atoms with E-state index in [1.54, 1.807) is 0 Å². The number of likely N-dealkylation sites (tertiary alicyclic amines) is 1. The van der Waals surface area contributed by atoms with E-state index in [0.717, 1.165) is 49.5 Å². The van der Waals surface area contributed by atoms with Gasteiger partial charge in [0.15, 0.2) is 5.60 Å². The number of carboxylic acids is 3. The first-order valence-corrected chi connectivity index (χ1v) is 12.0. The largest absolute Gasteiger partial charge is 0.481 e. The molecular formula is C26H31ClFNO8. The minimum atomic E-state index is -2.74. The third kappa shape index (κ3) is 9.73. The van der Waals surface area contributed by atoms with Gasteiger partial charge in [-0.25, -0.2) is 9.18 Å². The van der Waals surface area contributed by atoms with E-state index in [9.17, 15) is 23.9 Å². The average Bonchev–Trinajstić information content (AvgIpc) is 3.23. The first-order chi connectivity index (χ1) is 17.4. The van der Waals surface area contributed by atoms with Crippen molar-refractivity contribution < 1.29 is 44.3 Å². The smallest absolute Gasteiger partial charge is 0.336 e. The van der Waals surface area contributed by atoms with Crippen LogP contribution in [0.1, 0.15) is 36.8 Å². The number of aliphatic carboxylic acids is 3. The predicted molar refractivity (Wildman–Crippen MR) is 133 cm³/mol. The zero-order valence-electron chi connectivity index (χ0n) is 20.1. The minimum Gasteiger partial charge on any atom is -0.481 e. The van der Waals surface area contributed by atoms with Crippen molar-refractivity contribution in [3.05, 3.63) is 70.5 Å². The predicted octanol–water partition coefficient (Wildman–Crippen LogP) is 3.05. The summed E-state index contributed by atoms with van der Waals surface area (Å²) in [5.74, 6) is -5.22. The van der Waals surface area contributed by atoms with E-state index in [1.165, 1.54) is 17.7 Å². The topological polar surface area (TPSA) is 156 Å². The van der Waals surface area contributed by atoms with Crippen LogP contribution in [0.25, 0.3) is 0 Å². The van der Waals surface area contributed by atoms with Crippen molar-refractivity contribution >= 4 is 29.5 Å². The van der Waals surface area contributed by atoms with Gasteiger partial charge < -0.3 is 25.5 Å². The molecule has 1 saturated heterocycles. The molecule has 202 valence electrons. The lowest BCUT2D eigenvalue weighted by molar-refractivity contribution is -0.170. The van der Waals surface area contributed by atoms with Crippen molar-refractivity contribution in [2.45, 2.75) is 44.2 Å². The number of hydrogen-bond donors (Lipinski definition) is 5. The van der Waals surface area contributed by atoms with Gasteiger partial charge in [-0.05, 0) is 61.2 Å². The lowest BCUT2D eigenvalue weighted by Crippen LogP contribution is -2.42. The number of hydrogen-bond acceptors (Lipinski definition) is 6. The van der Waals surface area contributed by atoms with E-state index in [1.807, 2.05) is 24.3 Å². The summed E-state index contributed by atoms with van der Waals surface area (Å²) in [5, 5.41) is 44.5. The summed E-state index contributed by atoms with van der Waals surface area (Å²) in [5.41, 5.74) is -0.426. The van der Waals surface area contributed by atoms with Crippen LogP contribution in [0.3, 0.4) is 0 Å². The molecule has 11 heteroatoms. The highest BCUT2D eigenvalue weighted by Gasteiger charge is 2.41. The quantitative estimate of drug-likeness (QED) is 0.289. The molecule has 2 aromatic rings. The maximum absolute atomic E-state index is 13.0. The highest BCUT2D eigenvalue weighted by atomic mass is 35.5. The van der Waals surface area contributed by atoms with Crippen LogP contribution in [0.15, 0.2) is 48.5 Å². The van der Waals surface area contributed by atoms with Crippen molar-refractivity contribution in [2.75, 3.05) is 19.7 Å². The first-order valence-electron chi connectivity index (χ1n) is 11.6. The van der Waals surface area contributed by atoms with Crippen LogP contribution in [0.5, 0.6) is 0 Å². The second-order valence-corrected chi connectivity index (χ2v) is 9.79. The van der Waals surface area contributed by atoms with E-state index in [0.29, 0.717) is 0 Å². The van der Waals surface area contributed by atoms with Crippen molar-refractivity contribution in [1.82, 2.24) is 4.90 Å². The van der Waals surface area contributed by atoms with Gasteiger partial charge >= 0.3 is 17.9 Å². The van der Waals surface area contributed by atoms with Crippen LogP contribution in [0, 0.1) is 11.2 Å². The molecule has 0 radical (unpaired) electrons. The molecule has 0 amide bonds. The van der Waals surface area contributed by atoms with Crippen molar-refractivity contribution in [3.8, 4) is 0 Å². The monoisotopic (exact) mass is 539 g/mol. The van der Waals surface area contributed by atoms with Crippen LogP contribution in [0.4, 0.5) is 4.39 Å². The second-order valence-electron chi connectivity index (χ2n) is 9.35. The zero-order valence-corrected chi connectivity index (χ0v) is 20.9. The third-order valence-electron chi connectivity index (χ3n) is 6.31. The Balaban J connectivity index is 0.000000317. The Morgan fingerprint density at radius 1 is 0.946 bits per heavy atom. The van der Waals surface area contributed by atoms with Gasteiger partial charge in [0, 0.05) is 30.1 Å². The van der Waals surface area contributed by atoms with E-state index < -0.39 is 36.4 Å². The van der Waals surface area contributed by atoms with Crippen LogP contribution < -0.4 is 0 Å². The van der Waals surface area contributed by atoms with Gasteiger partial charge in [0.2, 0.25) is 0 Å². The molecule has 0 saturated carbocycles. The first kappa shape index (κ1) is 30.2. The van der Waals surface area contributed by atoms with E-state index in [-0.39, 0.29) is 17.8 Å². The van der Waals surface area contributed by atoms with Crippen molar-refractivity contribution in [3.63, 3.8) is 0 Å². The van der Waals surface area contributed by atoms with Gasteiger partial charge in [-0.3, -0.25) is 14.5 Å². The summed E-state index contributed by atoms with van der Waals surface area (Å²) in [4.78, 5) is 32.9. The number of carboxylic acid groups (broad SMARTS) is 3. The Morgan fingerprint density at radius 3 is 1.97 bits per heavy atom. The van der Waals surface area contributed by atoms with Gasteiger partial charge in [-0.15, -0.1) is 0 Å². The summed E-state index contributed by atoms with van der Waals surface area (Å²) in [6.45, 7) is 2.97. The number of carbonyl (C=O) groups is 3.